The zero-order valence-corrected chi connectivity index (χ0v) is 9.69. The van der Waals surface area contributed by atoms with Crippen molar-refractivity contribution in [1.29, 1.82) is 0 Å². The lowest BCUT2D eigenvalue weighted by Gasteiger charge is -1.96. The molecule has 2 aromatic rings. The van der Waals surface area contributed by atoms with E-state index in [2.05, 4.69) is 10.0 Å². The summed E-state index contributed by atoms with van der Waals surface area (Å²) in [7, 11) is 0. The van der Waals surface area contributed by atoms with Gasteiger partial charge in [0.05, 0.1) is 0 Å². The molecule has 0 unspecified atom stereocenters. The van der Waals surface area contributed by atoms with E-state index < -0.39 is 0 Å². The van der Waals surface area contributed by atoms with Gasteiger partial charge in [0, 0.05) is 16.3 Å². The summed E-state index contributed by atoms with van der Waals surface area (Å²) in [5, 5.41) is 3.52. The third-order valence-corrected chi connectivity index (χ3v) is 2.46. The number of nitrogen functional groups attached to an aromatic ring is 1. The van der Waals surface area contributed by atoms with E-state index in [1.807, 2.05) is 48.6 Å². The molecule has 0 heterocycles. The van der Waals surface area contributed by atoms with Gasteiger partial charge in [-0.25, -0.2) is 0 Å². The number of nitrogens with two attached hydrogens (primary N) is 1. The Labute approximate surface area is 105 Å². The molecule has 0 saturated carbocycles. The van der Waals surface area contributed by atoms with Gasteiger partial charge < -0.3 is 5.73 Å². The first-order valence-corrected chi connectivity index (χ1v) is 5.47. The summed E-state index contributed by atoms with van der Waals surface area (Å²) in [6, 6.07) is 15.0. The van der Waals surface area contributed by atoms with E-state index in [-0.39, 0.29) is 0 Å². The van der Waals surface area contributed by atoms with Gasteiger partial charge in [-0.3, -0.25) is 0 Å². The number of nitrogens with zero attached hydrogens (tertiary/aromatic N) is 3. The molecule has 0 saturated heterocycles. The Bertz CT molecular complexity index is 591. The van der Waals surface area contributed by atoms with E-state index in [1.165, 1.54) is 0 Å². The van der Waals surface area contributed by atoms with Crippen LogP contribution >= 0.6 is 0 Å². The zero-order valence-electron chi connectivity index (χ0n) is 9.69. The van der Waals surface area contributed by atoms with Gasteiger partial charge >= 0.3 is 0 Å². The molecule has 0 atom stereocenters. The van der Waals surface area contributed by atoms with Crippen molar-refractivity contribution in [2.24, 2.45) is 5.11 Å². The Morgan fingerprint density at radius 1 is 0.889 bits per heavy atom. The van der Waals surface area contributed by atoms with Crippen LogP contribution in [0, 0.1) is 0 Å². The molecule has 4 heteroatoms. The van der Waals surface area contributed by atoms with Crippen molar-refractivity contribution in [3.8, 4) is 0 Å². The summed E-state index contributed by atoms with van der Waals surface area (Å²) in [6.07, 6.45) is 3.99. The minimum atomic E-state index is 0.613. The monoisotopic (exact) mass is 236 g/mol. The highest BCUT2D eigenvalue weighted by molar-refractivity contribution is 5.70. The Kier molecular flexibility index (Phi) is 3.64. The number of hydrogen-bond acceptors (Lipinski definition) is 2. The third-order valence-electron chi connectivity index (χ3n) is 2.46. The molecular weight excluding hydrogens is 224 g/mol. The van der Waals surface area contributed by atoms with Crippen LogP contribution < -0.4 is 5.73 Å². The van der Waals surface area contributed by atoms with E-state index in [0.717, 1.165) is 16.8 Å². The summed E-state index contributed by atoms with van der Waals surface area (Å²) in [5.74, 6) is 0. The lowest BCUT2D eigenvalue weighted by molar-refractivity contribution is 1.47. The second kappa shape index (κ2) is 5.57. The first kappa shape index (κ1) is 11.8. The summed E-state index contributed by atoms with van der Waals surface area (Å²) in [5.41, 5.74) is 17.4. The van der Waals surface area contributed by atoms with Gasteiger partial charge in [-0.2, -0.15) is 0 Å². The van der Waals surface area contributed by atoms with E-state index in [4.69, 9.17) is 11.3 Å². The van der Waals surface area contributed by atoms with Gasteiger partial charge in [0.2, 0.25) is 0 Å². The molecule has 0 aliphatic rings. The molecule has 2 aromatic carbocycles. The van der Waals surface area contributed by atoms with Crippen LogP contribution in [0.4, 0.5) is 11.4 Å². The molecule has 88 valence electrons. The average molecular weight is 236 g/mol. The highest BCUT2D eigenvalue weighted by Gasteiger charge is 1.90. The molecule has 0 spiro atoms. The number of rotatable bonds is 3. The van der Waals surface area contributed by atoms with Crippen molar-refractivity contribution < 1.29 is 0 Å². The predicted molar refractivity (Wildman–Crippen MR) is 75.0 cm³/mol. The summed E-state index contributed by atoms with van der Waals surface area (Å²) >= 11 is 0. The van der Waals surface area contributed by atoms with Crippen LogP contribution in [0.2, 0.25) is 0 Å². The van der Waals surface area contributed by atoms with Crippen LogP contribution in [-0.4, -0.2) is 0 Å². The van der Waals surface area contributed by atoms with Gasteiger partial charge in [-0.1, -0.05) is 53.7 Å². The maximum absolute atomic E-state index is 8.30. The van der Waals surface area contributed by atoms with Crippen molar-refractivity contribution in [1.82, 2.24) is 0 Å². The molecule has 0 aliphatic carbocycles. The fourth-order valence-electron chi connectivity index (χ4n) is 1.50. The summed E-state index contributed by atoms with van der Waals surface area (Å²) < 4.78 is 0. The van der Waals surface area contributed by atoms with Crippen molar-refractivity contribution in [3.63, 3.8) is 0 Å². The van der Waals surface area contributed by atoms with Gasteiger partial charge in [-0.05, 0) is 28.8 Å². The first-order chi connectivity index (χ1) is 8.78. The highest BCUT2D eigenvalue weighted by Crippen LogP contribution is 2.15. The molecule has 4 nitrogen and oxygen atoms in total. The molecular formula is C14H12N4. The maximum atomic E-state index is 8.30. The number of hydrogen-bond donors (Lipinski definition) is 1. The molecule has 0 fully saturated rings. The molecule has 2 rings (SSSR count). The van der Waals surface area contributed by atoms with Gasteiger partial charge in [-0.15, -0.1) is 0 Å². The molecule has 0 aliphatic heterocycles. The zero-order chi connectivity index (χ0) is 12.8. The Morgan fingerprint density at radius 3 is 1.89 bits per heavy atom. The number of benzene rings is 2. The molecule has 18 heavy (non-hydrogen) atoms. The van der Waals surface area contributed by atoms with Crippen LogP contribution in [-0.2, 0) is 0 Å². The summed E-state index contributed by atoms with van der Waals surface area (Å²) in [6.45, 7) is 0. The minimum absolute atomic E-state index is 0.613. The van der Waals surface area contributed by atoms with Crippen molar-refractivity contribution in [2.45, 2.75) is 0 Å². The quantitative estimate of drug-likeness (QED) is 0.277. The Hall–Kier alpha value is -2.71. The number of azide groups is 1. The minimum Gasteiger partial charge on any atom is -0.399 e. The third kappa shape index (κ3) is 3.14. The summed E-state index contributed by atoms with van der Waals surface area (Å²) in [4.78, 5) is 2.73. The highest BCUT2D eigenvalue weighted by atomic mass is 15.1. The first-order valence-electron chi connectivity index (χ1n) is 5.47. The fourth-order valence-corrected chi connectivity index (χ4v) is 1.50. The van der Waals surface area contributed by atoms with Gasteiger partial charge in [0.1, 0.15) is 0 Å². The molecule has 2 N–H and O–H groups in total. The lowest BCUT2D eigenvalue weighted by Crippen LogP contribution is -1.82. The van der Waals surface area contributed by atoms with Crippen molar-refractivity contribution >= 4 is 23.5 Å². The number of anilines is 1. The normalized spacial score (nSPS) is 10.2. The predicted octanol–water partition coefficient (Wildman–Crippen LogP) is 4.38. The SMILES string of the molecule is [N-]=[N+]=Nc1ccc(/C=C/c2ccc(N)cc2)cc1. The van der Waals surface area contributed by atoms with Crippen molar-refractivity contribution in [3.05, 3.63) is 70.1 Å². The molecule has 0 radical (unpaired) electrons. The van der Waals surface area contributed by atoms with Crippen LogP contribution in [0.5, 0.6) is 0 Å². The Morgan fingerprint density at radius 2 is 1.39 bits per heavy atom. The maximum Gasteiger partial charge on any atom is 0.0375 e. The van der Waals surface area contributed by atoms with Crippen molar-refractivity contribution in [2.75, 3.05) is 5.73 Å². The standard InChI is InChI=1S/C14H12N4/c15-13-7-3-11(4-8-13)1-2-12-5-9-14(10-6-12)17-18-16/h1-10H,15H2/b2-1+. The fraction of sp³-hybridized carbons (Fsp3) is 0. The topological polar surface area (TPSA) is 74.8 Å². The molecule has 0 amide bonds. The smallest absolute Gasteiger partial charge is 0.0375 e. The van der Waals surface area contributed by atoms with Crippen LogP contribution in [0.1, 0.15) is 11.1 Å². The molecule has 0 aromatic heterocycles. The van der Waals surface area contributed by atoms with Crippen LogP contribution in [0.15, 0.2) is 53.6 Å². The van der Waals surface area contributed by atoms with E-state index in [9.17, 15) is 0 Å². The Balaban J connectivity index is 2.13. The van der Waals surface area contributed by atoms with E-state index >= 15 is 0 Å². The molecule has 0 bridgehead atoms. The van der Waals surface area contributed by atoms with Gasteiger partial charge in [0.15, 0.2) is 0 Å². The lowest BCUT2D eigenvalue weighted by atomic mass is 10.1. The van der Waals surface area contributed by atoms with Crippen LogP contribution in [0.25, 0.3) is 22.6 Å². The van der Waals surface area contributed by atoms with E-state index in [1.54, 1.807) is 12.1 Å². The second-order valence-corrected chi connectivity index (χ2v) is 3.78. The van der Waals surface area contributed by atoms with Gasteiger partial charge in [0.25, 0.3) is 0 Å². The van der Waals surface area contributed by atoms with E-state index in [0.29, 0.717) is 5.69 Å². The average Bonchev–Trinajstić information content (AvgIpc) is 2.40. The second-order valence-electron chi connectivity index (χ2n) is 3.78. The largest absolute Gasteiger partial charge is 0.399 e. The van der Waals surface area contributed by atoms with Crippen LogP contribution in [0.3, 0.4) is 0 Å².